The van der Waals surface area contributed by atoms with E-state index in [2.05, 4.69) is 10.6 Å². The minimum Gasteiger partial charge on any atom is -0.386 e. The molecule has 2 unspecified atom stereocenters. The molecule has 1 saturated heterocycles. The van der Waals surface area contributed by atoms with Crippen molar-refractivity contribution in [1.82, 2.24) is 25.3 Å². The molecule has 1 aliphatic rings. The molecule has 0 spiro atoms. The Bertz CT molecular complexity index is 1570. The van der Waals surface area contributed by atoms with Gasteiger partial charge in [0.15, 0.2) is 0 Å². The zero-order valence-electron chi connectivity index (χ0n) is 41.5. The van der Waals surface area contributed by atoms with Crippen molar-refractivity contribution in [3.05, 3.63) is 35.9 Å². The highest BCUT2D eigenvalue weighted by Crippen LogP contribution is 2.30. The molecular weight excluding hydrogens is 837 g/mol. The molecule has 17 heteroatoms. The fourth-order valence-electron chi connectivity index (χ4n) is 8.69. The Kier molecular flexibility index (Phi) is 26.4. The largest absolute Gasteiger partial charge is 0.386 e. The summed E-state index contributed by atoms with van der Waals surface area (Å²) in [6.45, 7) is 18.0. The number of ether oxygens (including phenoxy) is 5. The maximum absolute atomic E-state index is 14.5. The van der Waals surface area contributed by atoms with E-state index in [-0.39, 0.29) is 66.9 Å². The summed E-state index contributed by atoms with van der Waals surface area (Å²) in [6.07, 6.45) is -0.140. The monoisotopic (exact) mass is 921 g/mol. The average molecular weight is 921 g/mol. The van der Waals surface area contributed by atoms with Crippen LogP contribution < -0.4 is 16.4 Å². The lowest BCUT2D eigenvalue weighted by molar-refractivity contribution is -0.148. The molecule has 65 heavy (non-hydrogen) atoms. The van der Waals surface area contributed by atoms with Crippen LogP contribution in [0.25, 0.3) is 0 Å². The molecule has 0 saturated carbocycles. The number of carbonyl (C=O) groups excluding carboxylic acids is 5. The van der Waals surface area contributed by atoms with Gasteiger partial charge in [-0.25, -0.2) is 0 Å². The summed E-state index contributed by atoms with van der Waals surface area (Å²) in [7, 11) is 6.34. The van der Waals surface area contributed by atoms with Crippen LogP contribution in [0.4, 0.5) is 0 Å². The summed E-state index contributed by atoms with van der Waals surface area (Å²) < 4.78 is 28.3. The highest BCUT2D eigenvalue weighted by Gasteiger charge is 2.43. The van der Waals surface area contributed by atoms with Gasteiger partial charge in [-0.1, -0.05) is 85.2 Å². The molecule has 372 valence electrons. The van der Waals surface area contributed by atoms with E-state index in [1.165, 1.54) is 19.1 Å². The summed E-state index contributed by atoms with van der Waals surface area (Å²) in [5.74, 6) is -2.85. The predicted octanol–water partition coefficient (Wildman–Crippen LogP) is 3.17. The second kappa shape index (κ2) is 29.8. The fourth-order valence-corrected chi connectivity index (χ4v) is 8.69. The van der Waals surface area contributed by atoms with E-state index >= 15 is 0 Å². The summed E-state index contributed by atoms with van der Waals surface area (Å²) in [5.41, 5.74) is 6.10. The Labute approximate surface area is 389 Å². The molecule has 10 atom stereocenters. The number of carbonyl (C=O) groups is 5. The normalized spacial score (nSPS) is 18.3. The maximum atomic E-state index is 14.5. The van der Waals surface area contributed by atoms with Gasteiger partial charge in [-0.15, -0.1) is 0 Å². The highest BCUT2D eigenvalue weighted by molar-refractivity contribution is 5.92. The van der Waals surface area contributed by atoms with Gasteiger partial charge >= 0.3 is 0 Å². The van der Waals surface area contributed by atoms with Gasteiger partial charge in [-0.05, 0) is 43.1 Å². The van der Waals surface area contributed by atoms with Gasteiger partial charge in [-0.2, -0.15) is 0 Å². The minimum absolute atomic E-state index is 0.0289. The second-order valence-corrected chi connectivity index (χ2v) is 18.0. The number of rotatable bonds is 31. The van der Waals surface area contributed by atoms with Crippen molar-refractivity contribution in [3.63, 3.8) is 0 Å². The van der Waals surface area contributed by atoms with Crippen LogP contribution in [0.5, 0.6) is 0 Å². The number of likely N-dealkylation sites (tertiary alicyclic amines) is 1. The predicted molar refractivity (Wildman–Crippen MR) is 249 cm³/mol. The number of nitrogens with zero attached hydrogens (tertiary/aromatic N) is 3. The van der Waals surface area contributed by atoms with Crippen molar-refractivity contribution >= 4 is 29.5 Å². The molecule has 0 bridgehead atoms. The van der Waals surface area contributed by atoms with Crippen LogP contribution in [0.15, 0.2) is 30.3 Å². The summed E-state index contributed by atoms with van der Waals surface area (Å²) >= 11 is 0. The van der Waals surface area contributed by atoms with Crippen LogP contribution in [0.1, 0.15) is 99.2 Å². The molecule has 1 aromatic rings. The first kappa shape index (κ1) is 57.4. The summed E-state index contributed by atoms with van der Waals surface area (Å²) in [4.78, 5) is 74.5. The van der Waals surface area contributed by atoms with E-state index in [9.17, 15) is 29.1 Å². The SMILES string of the molecule is CC[C@H](C)[C@@H]([C@@H](CC(=O)N1CCC[C@H]1[C@H](OC)C(C)C(=O)NC(C)[C@@H](O)c1ccccc1)OC)N(C)C(=O)[C@@H](NC(=O)[C@H](C(C)C)N(C)C(=O)CCOCCOCCOCCN)C(C)C. The Morgan fingerprint density at radius 3 is 1.95 bits per heavy atom. The first-order chi connectivity index (χ1) is 30.9. The second-order valence-electron chi connectivity index (χ2n) is 18.0. The third kappa shape index (κ3) is 17.5. The number of nitrogens with one attached hydrogen (secondary N) is 2. The molecule has 1 aliphatic heterocycles. The van der Waals surface area contributed by atoms with Crippen molar-refractivity contribution in [1.29, 1.82) is 0 Å². The first-order valence-electron chi connectivity index (χ1n) is 23.5. The van der Waals surface area contributed by atoms with Crippen molar-refractivity contribution in [2.45, 2.75) is 136 Å². The quantitative estimate of drug-likeness (QED) is 0.0792. The van der Waals surface area contributed by atoms with Crippen molar-refractivity contribution in [3.8, 4) is 0 Å². The highest BCUT2D eigenvalue weighted by atomic mass is 16.5. The van der Waals surface area contributed by atoms with Crippen LogP contribution >= 0.6 is 0 Å². The van der Waals surface area contributed by atoms with Gasteiger partial charge in [0, 0.05) is 41.4 Å². The van der Waals surface area contributed by atoms with E-state index < -0.39 is 54.3 Å². The van der Waals surface area contributed by atoms with Crippen LogP contribution in [-0.4, -0.2) is 173 Å². The molecule has 0 aromatic heterocycles. The smallest absolute Gasteiger partial charge is 0.245 e. The lowest BCUT2D eigenvalue weighted by Gasteiger charge is -2.41. The van der Waals surface area contributed by atoms with Gasteiger partial charge in [0.2, 0.25) is 29.5 Å². The van der Waals surface area contributed by atoms with Crippen LogP contribution in [0.2, 0.25) is 0 Å². The molecule has 1 aromatic carbocycles. The van der Waals surface area contributed by atoms with Crippen molar-refractivity contribution in [2.75, 3.05) is 81.0 Å². The summed E-state index contributed by atoms with van der Waals surface area (Å²) in [5, 5.41) is 16.8. The molecule has 17 nitrogen and oxygen atoms in total. The van der Waals surface area contributed by atoms with Crippen LogP contribution in [0.3, 0.4) is 0 Å². The Balaban J connectivity index is 2.16. The van der Waals surface area contributed by atoms with E-state index in [0.717, 1.165) is 6.42 Å². The Hall–Kier alpha value is -3.71. The molecule has 5 amide bonds. The lowest BCUT2D eigenvalue weighted by atomic mass is 9.89. The maximum Gasteiger partial charge on any atom is 0.245 e. The number of aliphatic hydroxyl groups excluding tert-OH is 1. The number of likely N-dealkylation sites (N-methyl/N-ethyl adjacent to an activating group) is 2. The van der Waals surface area contributed by atoms with Gasteiger partial charge in [0.25, 0.3) is 0 Å². The van der Waals surface area contributed by atoms with E-state index in [0.29, 0.717) is 64.5 Å². The van der Waals surface area contributed by atoms with Gasteiger partial charge < -0.3 is 59.9 Å². The Morgan fingerprint density at radius 2 is 1.42 bits per heavy atom. The van der Waals surface area contributed by atoms with Gasteiger partial charge in [0.1, 0.15) is 12.1 Å². The number of hydrogen-bond acceptors (Lipinski definition) is 12. The fraction of sp³-hybridized carbons (Fsp3) is 0.771. The lowest BCUT2D eigenvalue weighted by Crippen LogP contribution is -2.60. The number of methoxy groups -OCH3 is 2. The van der Waals surface area contributed by atoms with Crippen molar-refractivity contribution in [2.24, 2.45) is 29.4 Å². The molecule has 5 N–H and O–H groups in total. The zero-order valence-corrected chi connectivity index (χ0v) is 41.5. The third-order valence-electron chi connectivity index (χ3n) is 12.7. The minimum atomic E-state index is -0.935. The number of amides is 5. The van der Waals surface area contributed by atoms with Crippen molar-refractivity contribution < 1.29 is 52.8 Å². The molecular formula is C48H84N6O11. The van der Waals surface area contributed by atoms with E-state index in [1.807, 2.05) is 59.7 Å². The number of hydrogen-bond donors (Lipinski definition) is 4. The standard InChI is InChI=1S/C48H84N6O11/c1-13-33(6)43(38(61-11)30-40(56)54-23-17-20-37(54)45(62-12)34(7)46(58)50-35(8)44(57)36-18-15-14-16-19-36)53(10)48(60)41(31(2)3)51-47(59)42(32(4)5)52(9)39(55)21-24-63-26-28-65-29-27-64-25-22-49/h14-16,18-19,31-35,37-38,41-45,57H,13,17,20-30,49H2,1-12H3,(H,50,58)(H,51,59)/t33-,34?,35?,37-,38+,41-,42-,43-,44+,45+/m0/s1. The van der Waals surface area contributed by atoms with Gasteiger partial charge in [0.05, 0.1) is 94.8 Å². The van der Waals surface area contributed by atoms with E-state index in [4.69, 9.17) is 29.4 Å². The Morgan fingerprint density at radius 1 is 0.815 bits per heavy atom. The number of aliphatic hydroxyl groups is 1. The molecule has 2 rings (SSSR count). The molecule has 1 heterocycles. The average Bonchev–Trinajstić information content (AvgIpc) is 3.77. The van der Waals surface area contributed by atoms with Gasteiger partial charge in [-0.3, -0.25) is 24.0 Å². The molecule has 0 radical (unpaired) electrons. The summed E-state index contributed by atoms with van der Waals surface area (Å²) in [6, 6.07) is 5.86. The third-order valence-corrected chi connectivity index (χ3v) is 12.7. The number of nitrogens with two attached hydrogens (primary N) is 1. The molecule has 0 aliphatic carbocycles. The van der Waals surface area contributed by atoms with Crippen LogP contribution in [0, 0.1) is 23.7 Å². The zero-order chi connectivity index (χ0) is 48.8. The molecule has 1 fully saturated rings. The van der Waals surface area contributed by atoms with E-state index in [1.54, 1.807) is 49.9 Å². The topological polar surface area (TPSA) is 212 Å². The first-order valence-corrected chi connectivity index (χ1v) is 23.5. The van der Waals surface area contributed by atoms with Crippen LogP contribution in [-0.2, 0) is 47.7 Å². The number of benzene rings is 1.